The molecule has 5 heteroatoms. The molecule has 0 atom stereocenters. The Morgan fingerprint density at radius 2 is 2.31 bits per heavy atom. The summed E-state index contributed by atoms with van der Waals surface area (Å²) in [4.78, 5) is 18.0. The number of aromatic nitrogens is 2. The van der Waals surface area contributed by atoms with Crippen LogP contribution in [-0.4, -0.2) is 16.5 Å². The van der Waals surface area contributed by atoms with Gasteiger partial charge in [-0.1, -0.05) is 13.8 Å². The van der Waals surface area contributed by atoms with Crippen molar-refractivity contribution in [3.63, 3.8) is 0 Å². The van der Waals surface area contributed by atoms with Crippen LogP contribution in [0, 0.1) is 11.3 Å². The molecular weight excluding hydrogens is 270 g/mol. The third kappa shape index (κ3) is 2.14. The fourth-order valence-electron chi connectivity index (χ4n) is 1.88. The summed E-state index contributed by atoms with van der Waals surface area (Å²) in [5, 5.41) is 3.26. The summed E-state index contributed by atoms with van der Waals surface area (Å²) >= 11 is 3.24. The molecule has 0 aromatic carbocycles. The van der Waals surface area contributed by atoms with Crippen molar-refractivity contribution >= 4 is 21.7 Å². The van der Waals surface area contributed by atoms with Crippen molar-refractivity contribution in [1.29, 1.82) is 0 Å². The zero-order chi connectivity index (χ0) is 11.8. The molecule has 1 saturated carbocycles. The van der Waals surface area contributed by atoms with E-state index in [0.29, 0.717) is 21.6 Å². The number of halogens is 1. The van der Waals surface area contributed by atoms with Crippen LogP contribution in [0.3, 0.4) is 0 Å². The molecule has 0 aliphatic heterocycles. The van der Waals surface area contributed by atoms with Crippen molar-refractivity contribution in [2.24, 2.45) is 11.3 Å². The van der Waals surface area contributed by atoms with Gasteiger partial charge in [0.1, 0.15) is 10.3 Å². The van der Waals surface area contributed by atoms with E-state index in [-0.39, 0.29) is 5.56 Å². The molecule has 0 radical (unpaired) electrons. The van der Waals surface area contributed by atoms with Crippen molar-refractivity contribution in [2.75, 3.05) is 11.9 Å². The molecule has 1 aromatic heterocycles. The average molecular weight is 286 g/mol. The van der Waals surface area contributed by atoms with E-state index < -0.39 is 0 Å². The van der Waals surface area contributed by atoms with Gasteiger partial charge in [-0.3, -0.25) is 4.79 Å². The Balaban J connectivity index is 2.06. The highest BCUT2D eigenvalue weighted by atomic mass is 79.9. The summed E-state index contributed by atoms with van der Waals surface area (Å²) in [5.41, 5.74) is 0.260. The van der Waals surface area contributed by atoms with Crippen molar-refractivity contribution in [2.45, 2.75) is 26.7 Å². The number of hydrogen-bond donors (Lipinski definition) is 2. The van der Waals surface area contributed by atoms with Gasteiger partial charge in [-0.2, -0.15) is 0 Å². The third-order valence-electron chi connectivity index (χ3n) is 3.52. The smallest absolute Gasteiger partial charge is 0.267 e. The van der Waals surface area contributed by atoms with Gasteiger partial charge in [0.05, 0.1) is 6.33 Å². The second-order valence-corrected chi connectivity index (χ2v) is 5.56. The molecule has 1 aliphatic carbocycles. The maximum absolute atomic E-state index is 11.3. The quantitative estimate of drug-likeness (QED) is 0.893. The molecule has 0 unspecified atom stereocenters. The van der Waals surface area contributed by atoms with Crippen LogP contribution >= 0.6 is 15.9 Å². The average Bonchev–Trinajstić information content (AvgIpc) is 3.01. The first-order chi connectivity index (χ1) is 7.55. The Morgan fingerprint density at radius 3 is 2.88 bits per heavy atom. The van der Waals surface area contributed by atoms with Crippen LogP contribution < -0.4 is 10.9 Å². The molecule has 0 bridgehead atoms. The maximum atomic E-state index is 11.3. The molecule has 4 nitrogen and oxygen atoms in total. The Morgan fingerprint density at radius 1 is 1.62 bits per heavy atom. The van der Waals surface area contributed by atoms with Gasteiger partial charge in [-0.25, -0.2) is 4.98 Å². The summed E-state index contributed by atoms with van der Waals surface area (Å²) < 4.78 is 0.481. The molecule has 0 saturated heterocycles. The fourth-order valence-corrected chi connectivity index (χ4v) is 2.24. The second kappa shape index (κ2) is 4.20. The normalized spacial score (nSPS) is 17.5. The lowest BCUT2D eigenvalue weighted by Crippen LogP contribution is -2.22. The van der Waals surface area contributed by atoms with Crippen LogP contribution in [0.2, 0.25) is 0 Å². The predicted octanol–water partition coefficient (Wildman–Crippen LogP) is 2.38. The highest BCUT2D eigenvalue weighted by Crippen LogP contribution is 2.51. The van der Waals surface area contributed by atoms with Gasteiger partial charge < -0.3 is 10.3 Å². The Hall–Kier alpha value is -0.840. The van der Waals surface area contributed by atoms with Crippen LogP contribution in [0.25, 0.3) is 0 Å². The van der Waals surface area contributed by atoms with Crippen LogP contribution in [-0.2, 0) is 0 Å². The Bertz CT molecular complexity index is 437. The van der Waals surface area contributed by atoms with Gasteiger partial charge in [0, 0.05) is 6.54 Å². The maximum Gasteiger partial charge on any atom is 0.267 e. The monoisotopic (exact) mass is 285 g/mol. The lowest BCUT2D eigenvalue weighted by Gasteiger charge is -2.20. The highest BCUT2D eigenvalue weighted by Gasteiger charge is 2.45. The van der Waals surface area contributed by atoms with E-state index in [4.69, 9.17) is 0 Å². The standard InChI is InChI=1S/C11H16BrN3O/c1-7(2)11(3-4-11)5-13-9-8(12)10(16)15-6-14-9/h6-7H,3-5H2,1-2H3,(H2,13,14,15,16). The zero-order valence-electron chi connectivity index (χ0n) is 9.51. The summed E-state index contributed by atoms with van der Waals surface area (Å²) in [6.07, 6.45) is 3.95. The van der Waals surface area contributed by atoms with Gasteiger partial charge in [0.25, 0.3) is 5.56 Å². The van der Waals surface area contributed by atoms with E-state index in [9.17, 15) is 4.79 Å². The number of rotatable bonds is 4. The molecule has 16 heavy (non-hydrogen) atoms. The lowest BCUT2D eigenvalue weighted by atomic mass is 9.92. The number of anilines is 1. The summed E-state index contributed by atoms with van der Waals surface area (Å²) in [5.74, 6) is 1.30. The number of hydrogen-bond acceptors (Lipinski definition) is 3. The molecule has 1 aliphatic rings. The minimum atomic E-state index is -0.146. The van der Waals surface area contributed by atoms with E-state index >= 15 is 0 Å². The molecule has 2 N–H and O–H groups in total. The Labute approximate surface area is 103 Å². The summed E-state index contributed by atoms with van der Waals surface area (Å²) in [6.45, 7) is 5.38. The molecule has 1 fully saturated rings. The first-order valence-electron chi connectivity index (χ1n) is 5.52. The zero-order valence-corrected chi connectivity index (χ0v) is 11.1. The Kier molecular flexibility index (Phi) is 3.06. The van der Waals surface area contributed by atoms with Gasteiger partial charge in [0.2, 0.25) is 0 Å². The van der Waals surface area contributed by atoms with Crippen LogP contribution in [0.4, 0.5) is 5.82 Å². The minimum absolute atomic E-state index is 0.146. The van der Waals surface area contributed by atoms with Gasteiger partial charge in [-0.15, -0.1) is 0 Å². The van der Waals surface area contributed by atoms with Crippen LogP contribution in [0.5, 0.6) is 0 Å². The van der Waals surface area contributed by atoms with Crippen molar-refractivity contribution < 1.29 is 0 Å². The first-order valence-corrected chi connectivity index (χ1v) is 6.31. The van der Waals surface area contributed by atoms with E-state index in [1.807, 2.05) is 0 Å². The summed E-state index contributed by atoms with van der Waals surface area (Å²) in [7, 11) is 0. The van der Waals surface area contributed by atoms with E-state index in [1.165, 1.54) is 19.2 Å². The van der Waals surface area contributed by atoms with Crippen LogP contribution in [0.1, 0.15) is 26.7 Å². The van der Waals surface area contributed by atoms with Gasteiger partial charge >= 0.3 is 0 Å². The first kappa shape index (κ1) is 11.6. The van der Waals surface area contributed by atoms with E-state index in [0.717, 1.165) is 6.54 Å². The molecule has 0 amide bonds. The lowest BCUT2D eigenvalue weighted by molar-refractivity contribution is 0.379. The minimum Gasteiger partial charge on any atom is -0.368 e. The number of H-pyrrole nitrogens is 1. The van der Waals surface area contributed by atoms with Crippen LogP contribution in [0.15, 0.2) is 15.6 Å². The van der Waals surface area contributed by atoms with Crippen molar-refractivity contribution in [3.05, 3.63) is 21.2 Å². The fraction of sp³-hybridized carbons (Fsp3) is 0.636. The predicted molar refractivity (Wildman–Crippen MR) is 67.6 cm³/mol. The molecule has 1 aromatic rings. The van der Waals surface area contributed by atoms with E-state index in [1.54, 1.807) is 0 Å². The largest absolute Gasteiger partial charge is 0.368 e. The molecule has 1 heterocycles. The highest BCUT2D eigenvalue weighted by molar-refractivity contribution is 9.10. The number of aromatic amines is 1. The number of nitrogens with zero attached hydrogens (tertiary/aromatic N) is 1. The topological polar surface area (TPSA) is 57.8 Å². The molecule has 88 valence electrons. The summed E-state index contributed by atoms with van der Waals surface area (Å²) in [6, 6.07) is 0. The SMILES string of the molecule is CC(C)C1(CNc2nc[nH]c(=O)c2Br)CC1. The third-order valence-corrected chi connectivity index (χ3v) is 4.26. The van der Waals surface area contributed by atoms with Crippen molar-refractivity contribution in [1.82, 2.24) is 9.97 Å². The molecular formula is C11H16BrN3O. The molecule has 0 spiro atoms. The van der Waals surface area contributed by atoms with Gasteiger partial charge in [0.15, 0.2) is 0 Å². The van der Waals surface area contributed by atoms with Gasteiger partial charge in [-0.05, 0) is 40.1 Å². The second-order valence-electron chi connectivity index (χ2n) is 4.76. The molecule has 2 rings (SSSR count). The number of nitrogens with one attached hydrogen (secondary N) is 2. The van der Waals surface area contributed by atoms with E-state index in [2.05, 4.69) is 45.1 Å². The van der Waals surface area contributed by atoms with Crippen molar-refractivity contribution in [3.8, 4) is 0 Å².